The molecular weight excluding hydrogens is 410 g/mol. The number of rotatable bonds is 4. The summed E-state index contributed by atoms with van der Waals surface area (Å²) in [6, 6.07) is 3.88. The van der Waals surface area contributed by atoms with Gasteiger partial charge in [0, 0.05) is 65.8 Å². The molecule has 5 rings (SSSR count). The van der Waals surface area contributed by atoms with Gasteiger partial charge < -0.3 is 23.6 Å². The molecule has 7 nitrogen and oxygen atoms in total. The lowest BCUT2D eigenvalue weighted by atomic mass is 9.94. The molecule has 1 fully saturated rings. The van der Waals surface area contributed by atoms with Crippen molar-refractivity contribution in [2.75, 3.05) is 13.1 Å². The summed E-state index contributed by atoms with van der Waals surface area (Å²) in [7, 11) is 0. The number of likely N-dealkylation sites (tertiary alicyclic amines) is 1. The maximum atomic E-state index is 12.7. The topological polar surface area (TPSA) is 104 Å². The Labute approximate surface area is 185 Å². The highest BCUT2D eigenvalue weighted by atomic mass is 16.4. The summed E-state index contributed by atoms with van der Waals surface area (Å²) in [5, 5.41) is 13.0. The lowest BCUT2D eigenvalue weighted by Crippen LogP contribution is -2.43. The second-order valence-corrected chi connectivity index (χ2v) is 9.02. The molecule has 0 saturated carbocycles. The van der Waals surface area contributed by atoms with Crippen LogP contribution in [-0.2, 0) is 28.9 Å². The first-order valence-electron chi connectivity index (χ1n) is 11.4. The van der Waals surface area contributed by atoms with Crippen LogP contribution in [0, 0.1) is 12.8 Å². The SMILES string of the molecule is Cc1c(CCC(=O)N2CCC(C(=O)[O-])CC2)c(=O)oc2cc3oc4c(c3cc12)CCCC4. The van der Waals surface area contributed by atoms with E-state index in [-0.39, 0.29) is 12.3 Å². The van der Waals surface area contributed by atoms with Crippen molar-refractivity contribution in [1.29, 1.82) is 0 Å². The Hall–Kier alpha value is -3.09. The van der Waals surface area contributed by atoms with Gasteiger partial charge in [0.2, 0.25) is 5.91 Å². The standard InChI is InChI=1S/C25H27NO6/c1-14-16(6-7-23(27)26-10-8-15(9-11-26)24(28)29)25(30)32-21-13-22-19(12-18(14)21)17-4-2-3-5-20(17)31-22/h12-13,15H,2-11H2,1H3,(H,28,29)/p-1. The molecule has 0 bridgehead atoms. The first-order valence-corrected chi connectivity index (χ1v) is 11.4. The third-order valence-corrected chi connectivity index (χ3v) is 7.13. The summed E-state index contributed by atoms with van der Waals surface area (Å²) in [6.45, 7) is 2.72. The van der Waals surface area contributed by atoms with Crippen molar-refractivity contribution in [3.05, 3.63) is 45.0 Å². The van der Waals surface area contributed by atoms with Gasteiger partial charge in [0.25, 0.3) is 0 Å². The molecule has 0 unspecified atom stereocenters. The van der Waals surface area contributed by atoms with Crippen LogP contribution in [-0.4, -0.2) is 29.9 Å². The maximum absolute atomic E-state index is 12.7. The predicted octanol–water partition coefficient (Wildman–Crippen LogP) is 2.65. The summed E-state index contributed by atoms with van der Waals surface area (Å²) in [4.78, 5) is 38.0. The minimum atomic E-state index is -1.05. The third-order valence-electron chi connectivity index (χ3n) is 7.13. The van der Waals surface area contributed by atoms with E-state index in [0.717, 1.165) is 53.4 Å². The van der Waals surface area contributed by atoms with E-state index in [1.807, 2.05) is 13.0 Å². The number of benzene rings is 1. The highest BCUT2D eigenvalue weighted by Gasteiger charge is 2.24. The van der Waals surface area contributed by atoms with Gasteiger partial charge in [-0.25, -0.2) is 4.79 Å². The number of amides is 1. The van der Waals surface area contributed by atoms with Crippen LogP contribution >= 0.6 is 0 Å². The molecule has 0 radical (unpaired) electrons. The highest BCUT2D eigenvalue weighted by molar-refractivity contribution is 5.97. The van der Waals surface area contributed by atoms with Crippen LogP contribution in [0.3, 0.4) is 0 Å². The number of furan rings is 1. The van der Waals surface area contributed by atoms with Gasteiger partial charge in [-0.3, -0.25) is 4.79 Å². The zero-order chi connectivity index (χ0) is 22.4. The van der Waals surface area contributed by atoms with Crippen molar-refractivity contribution in [3.63, 3.8) is 0 Å². The van der Waals surface area contributed by atoms with Gasteiger partial charge in [-0.15, -0.1) is 0 Å². The Kier molecular flexibility index (Phi) is 5.27. The number of nitrogens with zero attached hydrogens (tertiary/aromatic N) is 1. The number of carbonyl (C=O) groups is 2. The molecule has 3 aromatic rings. The third kappa shape index (κ3) is 3.59. The van der Waals surface area contributed by atoms with Gasteiger partial charge in [-0.05, 0) is 57.1 Å². The van der Waals surface area contributed by atoms with E-state index in [9.17, 15) is 19.5 Å². The lowest BCUT2D eigenvalue weighted by molar-refractivity contribution is -0.312. The summed E-state index contributed by atoms with van der Waals surface area (Å²) < 4.78 is 11.6. The second kappa shape index (κ2) is 8.11. The van der Waals surface area contributed by atoms with Crippen molar-refractivity contribution >= 4 is 33.8 Å². The van der Waals surface area contributed by atoms with Gasteiger partial charge in [-0.2, -0.15) is 0 Å². The second-order valence-electron chi connectivity index (χ2n) is 9.02. The van der Waals surface area contributed by atoms with Crippen LogP contribution in [0.4, 0.5) is 0 Å². The van der Waals surface area contributed by atoms with E-state index in [1.165, 1.54) is 5.56 Å². The van der Waals surface area contributed by atoms with E-state index in [4.69, 9.17) is 8.83 Å². The number of hydrogen-bond donors (Lipinski definition) is 0. The van der Waals surface area contributed by atoms with Gasteiger partial charge in [0.15, 0.2) is 0 Å². The fourth-order valence-electron chi connectivity index (χ4n) is 5.19. The zero-order valence-corrected chi connectivity index (χ0v) is 18.2. The summed E-state index contributed by atoms with van der Waals surface area (Å²) in [5.41, 5.74) is 3.46. The minimum absolute atomic E-state index is 0.0694. The number of aryl methyl sites for hydroxylation is 3. The minimum Gasteiger partial charge on any atom is -0.550 e. The molecule has 2 aliphatic rings. The van der Waals surface area contributed by atoms with E-state index >= 15 is 0 Å². The molecule has 1 amide bonds. The monoisotopic (exact) mass is 436 g/mol. The maximum Gasteiger partial charge on any atom is 0.339 e. The van der Waals surface area contributed by atoms with E-state index in [1.54, 1.807) is 4.90 Å². The van der Waals surface area contributed by atoms with Gasteiger partial charge in [0.05, 0.1) is 0 Å². The van der Waals surface area contributed by atoms with Gasteiger partial charge in [-0.1, -0.05) is 0 Å². The molecule has 1 aromatic carbocycles. The fraction of sp³-hybridized carbons (Fsp3) is 0.480. The first-order chi connectivity index (χ1) is 15.4. The van der Waals surface area contributed by atoms with E-state index in [0.29, 0.717) is 43.5 Å². The summed E-state index contributed by atoms with van der Waals surface area (Å²) in [6.07, 6.45) is 5.53. The average molecular weight is 436 g/mol. The number of carbonyl (C=O) groups excluding carboxylic acids is 2. The lowest BCUT2D eigenvalue weighted by Gasteiger charge is -2.32. The molecule has 1 aliphatic heterocycles. The van der Waals surface area contributed by atoms with Crippen LogP contribution in [0.5, 0.6) is 0 Å². The number of aliphatic carboxylic acids is 1. The Bertz CT molecular complexity index is 1280. The van der Waals surface area contributed by atoms with Crippen molar-refractivity contribution in [2.45, 2.75) is 58.3 Å². The van der Waals surface area contributed by atoms with E-state index in [2.05, 4.69) is 6.07 Å². The molecule has 2 aromatic heterocycles. The van der Waals surface area contributed by atoms with Crippen LogP contribution in [0.2, 0.25) is 0 Å². The van der Waals surface area contributed by atoms with Crippen LogP contribution in [0.1, 0.15) is 54.6 Å². The van der Waals surface area contributed by atoms with E-state index < -0.39 is 17.5 Å². The largest absolute Gasteiger partial charge is 0.550 e. The smallest absolute Gasteiger partial charge is 0.339 e. The Morgan fingerprint density at radius 3 is 2.53 bits per heavy atom. The molecule has 3 heterocycles. The Balaban J connectivity index is 1.39. The molecule has 0 atom stereocenters. The summed E-state index contributed by atoms with van der Waals surface area (Å²) in [5.74, 6) is -0.566. The molecule has 0 N–H and O–H groups in total. The zero-order valence-electron chi connectivity index (χ0n) is 18.2. The molecule has 1 saturated heterocycles. The molecule has 0 spiro atoms. The predicted molar refractivity (Wildman–Crippen MR) is 116 cm³/mol. The molecule has 7 heteroatoms. The molecular formula is C25H26NO6-. The molecule has 168 valence electrons. The average Bonchev–Trinajstić information content (AvgIpc) is 3.15. The normalized spacial score (nSPS) is 17.1. The first kappa shape index (κ1) is 20.8. The number of hydrogen-bond acceptors (Lipinski definition) is 6. The van der Waals surface area contributed by atoms with Crippen molar-refractivity contribution in [2.24, 2.45) is 5.92 Å². The quantitative estimate of drug-likeness (QED) is 0.583. The Morgan fingerprint density at radius 1 is 1.06 bits per heavy atom. The number of fused-ring (bicyclic) bond motifs is 4. The molecule has 1 aliphatic carbocycles. The van der Waals surface area contributed by atoms with Crippen LogP contribution in [0.15, 0.2) is 25.8 Å². The van der Waals surface area contributed by atoms with Gasteiger partial charge >= 0.3 is 5.63 Å². The van der Waals surface area contributed by atoms with Crippen LogP contribution < -0.4 is 10.7 Å². The highest BCUT2D eigenvalue weighted by Crippen LogP contribution is 2.35. The number of carboxylic acids is 1. The fourth-order valence-corrected chi connectivity index (χ4v) is 5.19. The van der Waals surface area contributed by atoms with Crippen molar-refractivity contribution < 1.29 is 23.5 Å². The number of piperidine rings is 1. The van der Waals surface area contributed by atoms with Crippen molar-refractivity contribution in [3.8, 4) is 0 Å². The summed E-state index contributed by atoms with van der Waals surface area (Å²) >= 11 is 0. The van der Waals surface area contributed by atoms with Crippen LogP contribution in [0.25, 0.3) is 21.9 Å². The van der Waals surface area contributed by atoms with Gasteiger partial charge in [0.1, 0.15) is 16.9 Å². The number of carboxylic acid groups (broad SMARTS) is 1. The van der Waals surface area contributed by atoms with Crippen molar-refractivity contribution in [1.82, 2.24) is 4.90 Å². The molecule has 32 heavy (non-hydrogen) atoms. The Morgan fingerprint density at radius 2 is 1.78 bits per heavy atom.